The molecule has 0 radical (unpaired) electrons. The van der Waals surface area contributed by atoms with Crippen molar-refractivity contribution in [3.8, 4) is 0 Å². The van der Waals surface area contributed by atoms with Gasteiger partial charge in [-0.05, 0) is 37.6 Å². The maximum absolute atomic E-state index is 11.9. The van der Waals surface area contributed by atoms with Crippen LogP contribution in [0, 0.1) is 6.92 Å². The maximum Gasteiger partial charge on any atom is 0.250 e. The fraction of sp³-hybridized carbons (Fsp3) is 0.533. The van der Waals surface area contributed by atoms with Crippen molar-refractivity contribution in [2.75, 3.05) is 44.0 Å². The molecular weight excluding hydrogens is 254 g/mol. The highest BCUT2D eigenvalue weighted by molar-refractivity contribution is 5.92. The quantitative estimate of drug-likeness (QED) is 0.854. The van der Waals surface area contributed by atoms with Crippen molar-refractivity contribution < 1.29 is 9.53 Å². The minimum Gasteiger partial charge on any atom is -0.378 e. The predicted octanol–water partition coefficient (Wildman–Crippen LogP) is 1.38. The summed E-state index contributed by atoms with van der Waals surface area (Å²) in [7, 11) is 3.99. The van der Waals surface area contributed by atoms with Crippen molar-refractivity contribution in [2.45, 2.75) is 19.4 Å². The van der Waals surface area contributed by atoms with E-state index in [1.165, 1.54) is 0 Å². The summed E-state index contributed by atoms with van der Waals surface area (Å²) < 4.78 is 5.62. The Balaban J connectivity index is 1.90. The fourth-order valence-electron chi connectivity index (χ4n) is 2.07. The molecule has 1 aromatic rings. The number of ether oxygens (including phenoxy) is 1. The molecule has 0 aromatic heterocycles. The molecule has 5 nitrogen and oxygen atoms in total. The van der Waals surface area contributed by atoms with Crippen molar-refractivity contribution in [3.05, 3.63) is 23.8 Å². The van der Waals surface area contributed by atoms with E-state index in [1.807, 2.05) is 51.0 Å². The van der Waals surface area contributed by atoms with Crippen molar-refractivity contribution in [3.63, 3.8) is 0 Å². The van der Waals surface area contributed by atoms with Crippen LogP contribution < -0.4 is 15.5 Å². The molecule has 1 aliphatic rings. The van der Waals surface area contributed by atoms with Crippen LogP contribution >= 0.6 is 0 Å². The Kier molecular flexibility index (Phi) is 4.30. The minimum absolute atomic E-state index is 0.0903. The molecule has 2 N–H and O–H groups in total. The Labute approximate surface area is 120 Å². The normalized spacial score (nSPS) is 16.4. The number of nitrogens with one attached hydrogen (secondary N) is 2. The van der Waals surface area contributed by atoms with E-state index in [4.69, 9.17) is 4.74 Å². The Morgan fingerprint density at radius 2 is 2.15 bits per heavy atom. The molecule has 0 atom stereocenters. The van der Waals surface area contributed by atoms with Crippen molar-refractivity contribution in [1.82, 2.24) is 5.32 Å². The van der Waals surface area contributed by atoms with E-state index in [2.05, 4.69) is 10.6 Å². The van der Waals surface area contributed by atoms with Gasteiger partial charge in [0.05, 0.1) is 5.60 Å². The van der Waals surface area contributed by atoms with Crippen LogP contribution in [0.4, 0.5) is 11.4 Å². The molecule has 1 fully saturated rings. The number of nitrogens with zero attached hydrogens (tertiary/aromatic N) is 1. The third kappa shape index (κ3) is 3.49. The number of carbonyl (C=O) groups excluding carboxylic acids is 1. The van der Waals surface area contributed by atoms with Crippen LogP contribution in [0.2, 0.25) is 0 Å². The molecular formula is C15H23N3O2. The summed E-state index contributed by atoms with van der Waals surface area (Å²) >= 11 is 0. The average molecular weight is 277 g/mol. The topological polar surface area (TPSA) is 53.6 Å². The van der Waals surface area contributed by atoms with Gasteiger partial charge in [0.15, 0.2) is 0 Å². The molecule has 0 bridgehead atoms. The second kappa shape index (κ2) is 5.81. The van der Waals surface area contributed by atoms with E-state index in [-0.39, 0.29) is 18.1 Å². The van der Waals surface area contributed by atoms with E-state index in [0.29, 0.717) is 0 Å². The van der Waals surface area contributed by atoms with E-state index in [0.717, 1.165) is 30.0 Å². The second-order valence-corrected chi connectivity index (χ2v) is 5.78. The van der Waals surface area contributed by atoms with E-state index < -0.39 is 0 Å². The van der Waals surface area contributed by atoms with Crippen LogP contribution in [-0.4, -0.2) is 45.3 Å². The molecule has 0 unspecified atom stereocenters. The Morgan fingerprint density at radius 3 is 2.65 bits per heavy atom. The smallest absolute Gasteiger partial charge is 0.250 e. The molecule has 2 rings (SSSR count). The van der Waals surface area contributed by atoms with Gasteiger partial charge in [-0.2, -0.15) is 0 Å². The first-order valence-corrected chi connectivity index (χ1v) is 6.82. The fourth-order valence-corrected chi connectivity index (χ4v) is 2.07. The molecule has 1 heterocycles. The predicted molar refractivity (Wildman–Crippen MR) is 81.4 cm³/mol. The number of amides is 1. The molecule has 1 aromatic carbocycles. The Morgan fingerprint density at radius 1 is 1.45 bits per heavy atom. The van der Waals surface area contributed by atoms with Crippen molar-refractivity contribution >= 4 is 17.3 Å². The third-order valence-electron chi connectivity index (χ3n) is 3.55. The van der Waals surface area contributed by atoms with Gasteiger partial charge in [0, 0.05) is 38.6 Å². The molecule has 5 heteroatoms. The van der Waals surface area contributed by atoms with E-state index in [1.54, 1.807) is 0 Å². The van der Waals surface area contributed by atoms with Crippen LogP contribution in [0.1, 0.15) is 12.5 Å². The maximum atomic E-state index is 11.9. The first-order valence-electron chi connectivity index (χ1n) is 6.82. The SMILES string of the molecule is Cc1cc(N(C)C)ccc1NC(=O)COC1(C)CNC1. The molecule has 0 saturated carbocycles. The monoisotopic (exact) mass is 277 g/mol. The van der Waals surface area contributed by atoms with E-state index >= 15 is 0 Å². The molecule has 1 saturated heterocycles. The average Bonchev–Trinajstić information content (AvgIpc) is 2.36. The number of anilines is 2. The lowest BCUT2D eigenvalue weighted by Crippen LogP contribution is -2.59. The van der Waals surface area contributed by atoms with Crippen LogP contribution in [0.5, 0.6) is 0 Å². The second-order valence-electron chi connectivity index (χ2n) is 5.78. The lowest BCUT2D eigenvalue weighted by atomic mass is 10.0. The first kappa shape index (κ1) is 14.8. The Bertz CT molecular complexity index is 496. The van der Waals surface area contributed by atoms with Crippen molar-refractivity contribution in [2.24, 2.45) is 0 Å². The molecule has 1 aliphatic heterocycles. The lowest BCUT2D eigenvalue weighted by molar-refractivity contribution is -0.130. The number of aryl methyl sites for hydroxylation is 1. The summed E-state index contributed by atoms with van der Waals surface area (Å²) in [6, 6.07) is 5.96. The largest absolute Gasteiger partial charge is 0.378 e. The van der Waals surface area contributed by atoms with Crippen LogP contribution in [0.25, 0.3) is 0 Å². The molecule has 110 valence electrons. The number of carbonyl (C=O) groups is 1. The summed E-state index contributed by atoms with van der Waals surface area (Å²) in [6.07, 6.45) is 0. The van der Waals surface area contributed by atoms with Crippen LogP contribution in [0.3, 0.4) is 0 Å². The van der Waals surface area contributed by atoms with Gasteiger partial charge >= 0.3 is 0 Å². The summed E-state index contributed by atoms with van der Waals surface area (Å²) in [5.41, 5.74) is 2.80. The first-order chi connectivity index (χ1) is 9.39. The summed E-state index contributed by atoms with van der Waals surface area (Å²) in [5.74, 6) is -0.112. The van der Waals surface area contributed by atoms with Crippen molar-refractivity contribution in [1.29, 1.82) is 0 Å². The minimum atomic E-state index is -0.193. The molecule has 1 amide bonds. The number of benzene rings is 1. The highest BCUT2D eigenvalue weighted by Crippen LogP contribution is 2.21. The molecule has 0 spiro atoms. The van der Waals surface area contributed by atoms with Gasteiger partial charge < -0.3 is 20.3 Å². The third-order valence-corrected chi connectivity index (χ3v) is 3.55. The zero-order valence-electron chi connectivity index (χ0n) is 12.6. The standard InChI is InChI=1S/C15H23N3O2/c1-11-7-12(18(3)4)5-6-13(11)17-14(19)8-20-15(2)9-16-10-15/h5-7,16H,8-10H2,1-4H3,(H,17,19). The highest BCUT2D eigenvalue weighted by atomic mass is 16.5. The van der Waals surface area contributed by atoms with Gasteiger partial charge in [-0.3, -0.25) is 4.79 Å². The van der Waals surface area contributed by atoms with Gasteiger partial charge in [-0.15, -0.1) is 0 Å². The van der Waals surface area contributed by atoms with Gasteiger partial charge in [0.25, 0.3) is 0 Å². The summed E-state index contributed by atoms with van der Waals surface area (Å²) in [5, 5.41) is 6.03. The number of rotatable bonds is 5. The zero-order valence-corrected chi connectivity index (χ0v) is 12.6. The van der Waals surface area contributed by atoms with Crippen LogP contribution in [-0.2, 0) is 9.53 Å². The van der Waals surface area contributed by atoms with Crippen LogP contribution in [0.15, 0.2) is 18.2 Å². The number of hydrogen-bond donors (Lipinski definition) is 2. The molecule has 20 heavy (non-hydrogen) atoms. The Hall–Kier alpha value is -1.59. The molecule has 0 aliphatic carbocycles. The van der Waals surface area contributed by atoms with Gasteiger partial charge in [0.2, 0.25) is 5.91 Å². The lowest BCUT2D eigenvalue weighted by Gasteiger charge is -2.38. The highest BCUT2D eigenvalue weighted by Gasteiger charge is 2.33. The summed E-state index contributed by atoms with van der Waals surface area (Å²) in [4.78, 5) is 13.9. The van der Waals surface area contributed by atoms with Gasteiger partial charge in [0.1, 0.15) is 6.61 Å². The summed E-state index contributed by atoms with van der Waals surface area (Å²) in [6.45, 7) is 5.69. The zero-order chi connectivity index (χ0) is 14.8. The van der Waals surface area contributed by atoms with E-state index in [9.17, 15) is 4.79 Å². The van der Waals surface area contributed by atoms with Gasteiger partial charge in [-0.1, -0.05) is 0 Å². The van der Waals surface area contributed by atoms with Gasteiger partial charge in [-0.25, -0.2) is 0 Å². The number of hydrogen-bond acceptors (Lipinski definition) is 4.